The molecule has 0 aromatic carbocycles. The van der Waals surface area contributed by atoms with Crippen molar-refractivity contribution in [3.63, 3.8) is 0 Å². The molecule has 3 nitrogen and oxygen atoms in total. The lowest BCUT2D eigenvalue weighted by molar-refractivity contribution is 0.416. The van der Waals surface area contributed by atoms with Crippen molar-refractivity contribution in [2.24, 2.45) is 5.92 Å². The summed E-state index contributed by atoms with van der Waals surface area (Å²) in [6.45, 7) is 4.28. The van der Waals surface area contributed by atoms with E-state index < -0.39 is 10.1 Å². The number of rotatable bonds is 10. The van der Waals surface area contributed by atoms with Gasteiger partial charge in [-0.05, 0) is 12.3 Å². The summed E-state index contributed by atoms with van der Waals surface area (Å²) in [4.78, 5) is 0. The fraction of sp³-hybridized carbons (Fsp3) is 1.00. The van der Waals surface area contributed by atoms with E-state index in [1.54, 1.807) is 0 Å². The van der Waals surface area contributed by atoms with Crippen LogP contribution in [0.15, 0.2) is 0 Å². The summed E-state index contributed by atoms with van der Waals surface area (Å²) in [6.07, 6.45) is 8.95. The van der Waals surface area contributed by atoms with Crippen molar-refractivity contribution in [2.45, 2.75) is 65.2 Å². The van der Waals surface area contributed by atoms with Crippen LogP contribution in [0.1, 0.15) is 65.2 Å². The zero-order chi connectivity index (χ0) is 12.4. The van der Waals surface area contributed by atoms with Crippen LogP contribution in [0, 0.1) is 5.92 Å². The topological polar surface area (TPSA) is 54.4 Å². The summed E-state index contributed by atoms with van der Waals surface area (Å²) in [6, 6.07) is 0. The molecule has 0 saturated carbocycles. The minimum atomic E-state index is -3.77. The molecule has 0 saturated heterocycles. The molecule has 0 rings (SSSR count). The molecule has 0 aromatic rings. The largest absolute Gasteiger partial charge is 0.286 e. The number of hydrogen-bond donors (Lipinski definition) is 1. The van der Waals surface area contributed by atoms with E-state index in [1.807, 2.05) is 0 Å². The van der Waals surface area contributed by atoms with Gasteiger partial charge in [0.2, 0.25) is 0 Å². The Labute approximate surface area is 100 Å². The molecule has 98 valence electrons. The molecule has 16 heavy (non-hydrogen) atoms. The van der Waals surface area contributed by atoms with Gasteiger partial charge in [0.1, 0.15) is 0 Å². The lowest BCUT2D eigenvalue weighted by atomic mass is 9.96. The maximum atomic E-state index is 10.6. The van der Waals surface area contributed by atoms with Gasteiger partial charge in [-0.25, -0.2) is 0 Å². The normalized spacial score (nSPS) is 13.9. The Bertz CT molecular complexity index is 247. The fourth-order valence-corrected chi connectivity index (χ4v) is 2.54. The van der Waals surface area contributed by atoms with Crippen LogP contribution in [0.25, 0.3) is 0 Å². The van der Waals surface area contributed by atoms with Gasteiger partial charge in [-0.3, -0.25) is 4.55 Å². The third kappa shape index (κ3) is 10.4. The van der Waals surface area contributed by atoms with E-state index in [-0.39, 0.29) is 5.75 Å². The minimum Gasteiger partial charge on any atom is -0.286 e. The third-order valence-corrected chi connectivity index (χ3v) is 3.83. The Kier molecular flexibility index (Phi) is 8.94. The van der Waals surface area contributed by atoms with E-state index in [4.69, 9.17) is 4.55 Å². The van der Waals surface area contributed by atoms with Crippen molar-refractivity contribution in [1.82, 2.24) is 0 Å². The molecule has 0 aliphatic rings. The van der Waals surface area contributed by atoms with E-state index in [2.05, 4.69) is 13.8 Å². The highest BCUT2D eigenvalue weighted by Crippen LogP contribution is 2.18. The van der Waals surface area contributed by atoms with E-state index in [0.717, 1.165) is 12.8 Å². The summed E-state index contributed by atoms with van der Waals surface area (Å²) in [5.74, 6) is 0.365. The second kappa shape index (κ2) is 8.99. The van der Waals surface area contributed by atoms with Crippen molar-refractivity contribution >= 4 is 10.1 Å². The average molecular weight is 250 g/mol. The highest BCUT2D eigenvalue weighted by Gasteiger charge is 2.11. The molecule has 0 radical (unpaired) electrons. The summed E-state index contributed by atoms with van der Waals surface area (Å²) >= 11 is 0. The van der Waals surface area contributed by atoms with Gasteiger partial charge < -0.3 is 0 Å². The van der Waals surface area contributed by atoms with Crippen molar-refractivity contribution < 1.29 is 13.0 Å². The molecule has 0 aromatic heterocycles. The standard InChI is InChI=1S/C12H26O3S/c1-3-5-6-7-8-9-12(4-2)10-11-16(13,14)15/h12H,3-11H2,1-2H3,(H,13,14,15). The van der Waals surface area contributed by atoms with Crippen LogP contribution in [0.4, 0.5) is 0 Å². The highest BCUT2D eigenvalue weighted by atomic mass is 32.2. The summed E-state index contributed by atoms with van der Waals surface area (Å²) in [5.41, 5.74) is 0. The SMILES string of the molecule is CCCCCCCC(CC)CCS(=O)(=O)O. The van der Waals surface area contributed by atoms with Gasteiger partial charge in [0.05, 0.1) is 5.75 Å². The van der Waals surface area contributed by atoms with Gasteiger partial charge in [-0.2, -0.15) is 8.42 Å². The third-order valence-electron chi connectivity index (χ3n) is 3.08. The van der Waals surface area contributed by atoms with Crippen LogP contribution in [-0.4, -0.2) is 18.7 Å². The number of hydrogen-bond acceptors (Lipinski definition) is 2. The molecule has 0 bridgehead atoms. The van der Waals surface area contributed by atoms with E-state index in [1.165, 1.54) is 32.1 Å². The monoisotopic (exact) mass is 250 g/mol. The first-order chi connectivity index (χ1) is 7.49. The molecule has 0 aliphatic heterocycles. The average Bonchev–Trinajstić information content (AvgIpc) is 2.21. The first-order valence-corrected chi connectivity index (χ1v) is 8.05. The predicted molar refractivity (Wildman–Crippen MR) is 68.2 cm³/mol. The maximum absolute atomic E-state index is 10.6. The van der Waals surface area contributed by atoms with Gasteiger partial charge >= 0.3 is 0 Å². The summed E-state index contributed by atoms with van der Waals surface area (Å²) in [7, 11) is -3.77. The number of unbranched alkanes of at least 4 members (excludes halogenated alkanes) is 4. The summed E-state index contributed by atoms with van der Waals surface area (Å²) < 4.78 is 29.9. The molecule has 1 N–H and O–H groups in total. The van der Waals surface area contributed by atoms with Gasteiger partial charge in [-0.1, -0.05) is 58.8 Å². The van der Waals surface area contributed by atoms with Crippen LogP contribution in [0.2, 0.25) is 0 Å². The first-order valence-electron chi connectivity index (χ1n) is 6.44. The molecular weight excluding hydrogens is 224 g/mol. The van der Waals surface area contributed by atoms with Crippen LogP contribution >= 0.6 is 0 Å². The molecule has 0 fully saturated rings. The summed E-state index contributed by atoms with van der Waals surface area (Å²) in [5, 5.41) is 0. The fourth-order valence-electron chi connectivity index (χ4n) is 1.90. The zero-order valence-electron chi connectivity index (χ0n) is 10.6. The van der Waals surface area contributed by atoms with Gasteiger partial charge in [0, 0.05) is 0 Å². The Morgan fingerprint density at radius 2 is 1.62 bits per heavy atom. The van der Waals surface area contributed by atoms with E-state index in [0.29, 0.717) is 12.3 Å². The van der Waals surface area contributed by atoms with Gasteiger partial charge in [0.15, 0.2) is 0 Å². The van der Waals surface area contributed by atoms with Crippen molar-refractivity contribution in [2.75, 3.05) is 5.75 Å². The molecular formula is C12H26O3S. The molecule has 0 amide bonds. The zero-order valence-corrected chi connectivity index (χ0v) is 11.4. The van der Waals surface area contributed by atoms with Crippen LogP contribution in [0.3, 0.4) is 0 Å². The van der Waals surface area contributed by atoms with Crippen molar-refractivity contribution in [1.29, 1.82) is 0 Å². The Balaban J connectivity index is 3.59. The Hall–Kier alpha value is -0.0900. The van der Waals surface area contributed by atoms with Crippen LogP contribution in [-0.2, 0) is 10.1 Å². The predicted octanol–water partition coefficient (Wildman–Crippen LogP) is 3.65. The second-order valence-corrected chi connectivity index (χ2v) is 6.12. The molecule has 0 heterocycles. The van der Waals surface area contributed by atoms with Gasteiger partial charge in [-0.15, -0.1) is 0 Å². The van der Waals surface area contributed by atoms with Crippen molar-refractivity contribution in [3.05, 3.63) is 0 Å². The maximum Gasteiger partial charge on any atom is 0.264 e. The Morgan fingerprint density at radius 3 is 2.12 bits per heavy atom. The van der Waals surface area contributed by atoms with E-state index >= 15 is 0 Å². The smallest absolute Gasteiger partial charge is 0.264 e. The lowest BCUT2D eigenvalue weighted by Gasteiger charge is -2.13. The van der Waals surface area contributed by atoms with Gasteiger partial charge in [0.25, 0.3) is 10.1 Å². The second-order valence-electron chi connectivity index (χ2n) is 4.55. The molecule has 1 unspecified atom stereocenters. The Morgan fingerprint density at radius 1 is 1.00 bits per heavy atom. The molecule has 1 atom stereocenters. The minimum absolute atomic E-state index is 0.0829. The van der Waals surface area contributed by atoms with Crippen molar-refractivity contribution in [3.8, 4) is 0 Å². The quantitative estimate of drug-likeness (QED) is 0.475. The first kappa shape index (κ1) is 15.9. The molecule has 0 aliphatic carbocycles. The van der Waals surface area contributed by atoms with Crippen LogP contribution < -0.4 is 0 Å². The molecule has 0 spiro atoms. The van der Waals surface area contributed by atoms with E-state index in [9.17, 15) is 8.42 Å². The lowest BCUT2D eigenvalue weighted by Crippen LogP contribution is -2.09. The van der Waals surface area contributed by atoms with Crippen LogP contribution in [0.5, 0.6) is 0 Å². The highest BCUT2D eigenvalue weighted by molar-refractivity contribution is 7.85. The molecule has 4 heteroatoms.